The van der Waals surface area contributed by atoms with Crippen molar-refractivity contribution in [2.75, 3.05) is 14.1 Å². The van der Waals surface area contributed by atoms with E-state index in [-0.39, 0.29) is 0 Å². The summed E-state index contributed by atoms with van der Waals surface area (Å²) in [6, 6.07) is 6.44. The summed E-state index contributed by atoms with van der Waals surface area (Å²) >= 11 is 4.77. The number of rotatable bonds is 2. The Balaban J connectivity index is 2.92. The molecule has 0 bridgehead atoms. The van der Waals surface area contributed by atoms with Gasteiger partial charge in [0.1, 0.15) is 0 Å². The predicted molar refractivity (Wildman–Crippen MR) is 69.3 cm³/mol. The fourth-order valence-corrected chi connectivity index (χ4v) is 2.10. The van der Waals surface area contributed by atoms with Crippen LogP contribution in [0.25, 0.3) is 0 Å². The van der Waals surface area contributed by atoms with Gasteiger partial charge < -0.3 is 4.90 Å². The van der Waals surface area contributed by atoms with Crippen molar-refractivity contribution in [2.24, 2.45) is 0 Å². The molecule has 0 radical (unpaired) electrons. The van der Waals surface area contributed by atoms with E-state index in [2.05, 4.69) is 82.4 Å². The highest BCUT2D eigenvalue weighted by Crippen LogP contribution is 2.19. The minimum atomic E-state index is 1.02. The average Bonchev–Trinajstić information content (AvgIpc) is 1.98. The molecule has 0 unspecified atom stereocenters. The molecule has 1 nitrogen and oxygen atoms in total. The molecule has 0 saturated heterocycles. The van der Waals surface area contributed by atoms with Crippen LogP contribution in [0.1, 0.15) is 5.56 Å². The first-order valence-electron chi connectivity index (χ1n) is 3.69. The van der Waals surface area contributed by atoms with Crippen LogP contribution in [0, 0.1) is 7.14 Å². The van der Waals surface area contributed by atoms with E-state index in [1.807, 2.05) is 0 Å². The molecule has 1 aromatic rings. The lowest BCUT2D eigenvalue weighted by Gasteiger charge is -2.11. The molecular weight excluding hydrogens is 376 g/mol. The van der Waals surface area contributed by atoms with Crippen LogP contribution in [0.3, 0.4) is 0 Å². The highest BCUT2D eigenvalue weighted by Gasteiger charge is 2.03. The van der Waals surface area contributed by atoms with E-state index < -0.39 is 0 Å². The zero-order chi connectivity index (χ0) is 9.14. The summed E-state index contributed by atoms with van der Waals surface area (Å²) in [4.78, 5) is 2.19. The fourth-order valence-electron chi connectivity index (χ4n) is 1.01. The molecule has 12 heavy (non-hydrogen) atoms. The van der Waals surface area contributed by atoms with Gasteiger partial charge in [-0.05, 0) is 70.9 Å². The van der Waals surface area contributed by atoms with Gasteiger partial charge in [-0.1, -0.05) is 12.1 Å². The summed E-state index contributed by atoms with van der Waals surface area (Å²) in [5.74, 6) is 0. The summed E-state index contributed by atoms with van der Waals surface area (Å²) < 4.78 is 2.72. The van der Waals surface area contributed by atoms with E-state index in [1.165, 1.54) is 12.7 Å². The monoisotopic (exact) mass is 387 g/mol. The average molecular weight is 387 g/mol. The Morgan fingerprint density at radius 3 is 2.50 bits per heavy atom. The van der Waals surface area contributed by atoms with Crippen LogP contribution < -0.4 is 0 Å². The Labute approximate surface area is 101 Å². The van der Waals surface area contributed by atoms with Crippen molar-refractivity contribution in [3.05, 3.63) is 30.9 Å². The quantitative estimate of drug-likeness (QED) is 0.706. The van der Waals surface area contributed by atoms with Crippen LogP contribution in [-0.2, 0) is 6.54 Å². The topological polar surface area (TPSA) is 3.24 Å². The smallest absolute Gasteiger partial charge is 0.0308 e. The number of hydrogen-bond acceptors (Lipinski definition) is 1. The molecule has 0 spiro atoms. The van der Waals surface area contributed by atoms with Gasteiger partial charge in [0.05, 0.1) is 0 Å². The maximum atomic E-state index is 2.40. The molecule has 0 aliphatic rings. The summed E-state index contributed by atoms with van der Waals surface area (Å²) in [7, 11) is 4.19. The van der Waals surface area contributed by atoms with Gasteiger partial charge in [-0.15, -0.1) is 0 Å². The van der Waals surface area contributed by atoms with E-state index in [4.69, 9.17) is 0 Å². The van der Waals surface area contributed by atoms with Gasteiger partial charge in [-0.25, -0.2) is 0 Å². The lowest BCUT2D eigenvalue weighted by atomic mass is 10.2. The number of halogens is 2. The van der Waals surface area contributed by atoms with Crippen molar-refractivity contribution < 1.29 is 0 Å². The third-order valence-electron chi connectivity index (χ3n) is 1.52. The van der Waals surface area contributed by atoms with Crippen LogP contribution in [0.5, 0.6) is 0 Å². The molecule has 3 heteroatoms. The molecule has 0 aliphatic carbocycles. The van der Waals surface area contributed by atoms with Gasteiger partial charge in [0, 0.05) is 13.7 Å². The summed E-state index contributed by atoms with van der Waals surface area (Å²) in [6.07, 6.45) is 0. The third kappa shape index (κ3) is 2.85. The fraction of sp³-hybridized carbons (Fsp3) is 0.333. The van der Waals surface area contributed by atoms with Gasteiger partial charge >= 0.3 is 0 Å². The maximum absolute atomic E-state index is 2.40. The molecule has 0 saturated carbocycles. The lowest BCUT2D eigenvalue weighted by Crippen LogP contribution is -2.11. The molecular formula is C9H11I2N. The van der Waals surface area contributed by atoms with Crippen LogP contribution in [0.2, 0.25) is 0 Å². The summed E-state index contributed by atoms with van der Waals surface area (Å²) in [5, 5.41) is 0. The second kappa shape index (κ2) is 4.76. The normalized spacial score (nSPS) is 10.8. The van der Waals surface area contributed by atoms with E-state index in [0.717, 1.165) is 6.54 Å². The van der Waals surface area contributed by atoms with E-state index in [1.54, 1.807) is 0 Å². The minimum absolute atomic E-state index is 1.02. The Kier molecular flexibility index (Phi) is 4.25. The largest absolute Gasteiger partial charge is 0.305 e. The molecule has 1 rings (SSSR count). The van der Waals surface area contributed by atoms with Crippen LogP contribution in [0.4, 0.5) is 0 Å². The van der Waals surface area contributed by atoms with Gasteiger partial charge in [0.2, 0.25) is 0 Å². The third-order valence-corrected chi connectivity index (χ3v) is 4.72. The van der Waals surface area contributed by atoms with E-state index in [9.17, 15) is 0 Å². The predicted octanol–water partition coefficient (Wildman–Crippen LogP) is 2.96. The van der Waals surface area contributed by atoms with Gasteiger partial charge in [0.15, 0.2) is 0 Å². The minimum Gasteiger partial charge on any atom is -0.305 e. The number of hydrogen-bond donors (Lipinski definition) is 0. The Morgan fingerprint density at radius 2 is 1.92 bits per heavy atom. The molecule has 1 aromatic carbocycles. The van der Waals surface area contributed by atoms with Crippen molar-refractivity contribution >= 4 is 45.2 Å². The molecule has 0 aromatic heterocycles. The standard InChI is InChI=1S/C9H11I2N/c1-12(2)6-7-4-3-5-8(10)9(7)11/h3-5H,6H2,1-2H3. The number of nitrogens with zero attached hydrogens (tertiary/aromatic N) is 1. The van der Waals surface area contributed by atoms with E-state index in [0.29, 0.717) is 0 Å². The molecule has 0 N–H and O–H groups in total. The molecule has 0 heterocycles. The number of benzene rings is 1. The van der Waals surface area contributed by atoms with Crippen LogP contribution in [0.15, 0.2) is 18.2 Å². The first kappa shape index (κ1) is 10.7. The lowest BCUT2D eigenvalue weighted by molar-refractivity contribution is 0.401. The highest BCUT2D eigenvalue weighted by atomic mass is 127. The van der Waals surface area contributed by atoms with Crippen LogP contribution >= 0.6 is 45.2 Å². The molecule has 0 fully saturated rings. The zero-order valence-electron chi connectivity index (χ0n) is 7.14. The first-order chi connectivity index (χ1) is 5.61. The Morgan fingerprint density at radius 1 is 1.25 bits per heavy atom. The van der Waals surface area contributed by atoms with Crippen molar-refractivity contribution in [1.82, 2.24) is 4.90 Å². The first-order valence-corrected chi connectivity index (χ1v) is 5.84. The highest BCUT2D eigenvalue weighted by molar-refractivity contribution is 14.1. The van der Waals surface area contributed by atoms with Crippen molar-refractivity contribution in [2.45, 2.75) is 6.54 Å². The van der Waals surface area contributed by atoms with Crippen LogP contribution in [-0.4, -0.2) is 19.0 Å². The zero-order valence-corrected chi connectivity index (χ0v) is 11.5. The molecule has 0 aliphatic heterocycles. The van der Waals surface area contributed by atoms with Gasteiger partial charge in [-0.3, -0.25) is 0 Å². The second-order valence-electron chi connectivity index (χ2n) is 2.95. The molecule has 0 amide bonds. The summed E-state index contributed by atoms with van der Waals surface area (Å²) in [6.45, 7) is 1.02. The van der Waals surface area contributed by atoms with Gasteiger partial charge in [-0.2, -0.15) is 0 Å². The summed E-state index contributed by atoms with van der Waals surface area (Å²) in [5.41, 5.74) is 1.41. The Hall–Kier alpha value is 0.640. The van der Waals surface area contributed by atoms with E-state index >= 15 is 0 Å². The SMILES string of the molecule is CN(C)Cc1cccc(I)c1I. The van der Waals surface area contributed by atoms with Crippen molar-refractivity contribution in [3.63, 3.8) is 0 Å². The molecule has 66 valence electrons. The maximum Gasteiger partial charge on any atom is 0.0308 e. The van der Waals surface area contributed by atoms with Crippen molar-refractivity contribution in [3.8, 4) is 0 Å². The second-order valence-corrected chi connectivity index (χ2v) is 5.19. The van der Waals surface area contributed by atoms with Gasteiger partial charge in [0.25, 0.3) is 0 Å². The molecule has 0 atom stereocenters. The van der Waals surface area contributed by atoms with Crippen molar-refractivity contribution in [1.29, 1.82) is 0 Å². The Bertz CT molecular complexity index is 271.